The van der Waals surface area contributed by atoms with Crippen molar-refractivity contribution >= 4 is 23.7 Å². The zero-order valence-electron chi connectivity index (χ0n) is 17.8. The van der Waals surface area contributed by atoms with Crippen LogP contribution in [0.3, 0.4) is 0 Å². The van der Waals surface area contributed by atoms with Crippen molar-refractivity contribution in [1.82, 2.24) is 0 Å². The van der Waals surface area contributed by atoms with Gasteiger partial charge in [0.2, 0.25) is 0 Å². The molecule has 0 unspecified atom stereocenters. The number of ether oxygens (including phenoxy) is 2. The van der Waals surface area contributed by atoms with E-state index in [9.17, 15) is 9.59 Å². The molecule has 164 valence electrons. The summed E-state index contributed by atoms with van der Waals surface area (Å²) in [5, 5.41) is 0. The van der Waals surface area contributed by atoms with Crippen LogP contribution in [0.25, 0.3) is 0 Å². The quantitative estimate of drug-likeness (QED) is 0.223. The largest absolute Gasteiger partial charge is 0.423 e. The van der Waals surface area contributed by atoms with Crippen LogP contribution >= 0.6 is 11.8 Å². The maximum Gasteiger partial charge on any atom is 0.343 e. The van der Waals surface area contributed by atoms with E-state index in [0.29, 0.717) is 22.6 Å². The Morgan fingerprint density at radius 1 is 0.515 bits per heavy atom. The Hall–Kier alpha value is -3.83. The van der Waals surface area contributed by atoms with E-state index in [1.165, 1.54) is 0 Å². The second kappa shape index (κ2) is 11.2. The zero-order valence-corrected chi connectivity index (χ0v) is 18.7. The van der Waals surface area contributed by atoms with E-state index in [-0.39, 0.29) is 11.9 Å². The van der Waals surface area contributed by atoms with Gasteiger partial charge in [0.05, 0.1) is 11.1 Å². The summed E-state index contributed by atoms with van der Waals surface area (Å²) in [6.45, 7) is 0. The van der Waals surface area contributed by atoms with E-state index in [4.69, 9.17) is 9.47 Å². The number of hydrogen-bond acceptors (Lipinski definition) is 5. The average Bonchev–Trinajstić information content (AvgIpc) is 2.87. The molecule has 33 heavy (non-hydrogen) atoms. The third kappa shape index (κ3) is 6.57. The highest BCUT2D eigenvalue weighted by Crippen LogP contribution is 2.22. The van der Waals surface area contributed by atoms with Gasteiger partial charge >= 0.3 is 11.9 Å². The van der Waals surface area contributed by atoms with Crippen molar-refractivity contribution in [2.75, 3.05) is 0 Å². The van der Waals surface area contributed by atoms with Crippen molar-refractivity contribution in [2.24, 2.45) is 0 Å². The monoisotopic (exact) mass is 454 g/mol. The lowest BCUT2D eigenvalue weighted by atomic mass is 10.2. The van der Waals surface area contributed by atoms with Crippen LogP contribution < -0.4 is 9.47 Å². The first-order valence-corrected chi connectivity index (χ1v) is 11.6. The van der Waals surface area contributed by atoms with Crippen LogP contribution in [0.4, 0.5) is 0 Å². The van der Waals surface area contributed by atoms with Crippen molar-refractivity contribution < 1.29 is 19.1 Å². The Labute approximate surface area is 197 Å². The first-order valence-electron chi connectivity index (χ1n) is 10.5. The SMILES string of the molecule is O=C(Oc1ccc(CSCc2ccc(OC(=O)c3ccccc3)cc2)cc1)c1ccccc1. The number of carbonyl (C=O) groups excluding carboxylic acids is 2. The highest BCUT2D eigenvalue weighted by molar-refractivity contribution is 7.97. The molecular formula is C28H22O4S. The standard InChI is InChI=1S/C28H22O4S/c29-27(23-7-3-1-4-8-23)31-25-15-11-21(12-16-25)19-33-20-22-13-17-26(18-14-22)32-28(30)24-9-5-2-6-10-24/h1-18H,19-20H2. The summed E-state index contributed by atoms with van der Waals surface area (Å²) in [5.41, 5.74) is 3.34. The van der Waals surface area contributed by atoms with Crippen LogP contribution in [-0.4, -0.2) is 11.9 Å². The number of rotatable bonds is 8. The fourth-order valence-corrected chi connectivity index (χ4v) is 4.03. The van der Waals surface area contributed by atoms with Gasteiger partial charge < -0.3 is 9.47 Å². The Morgan fingerprint density at radius 2 is 0.879 bits per heavy atom. The summed E-state index contributed by atoms with van der Waals surface area (Å²) in [6.07, 6.45) is 0. The maximum atomic E-state index is 12.1. The molecule has 4 rings (SSSR count). The predicted octanol–water partition coefficient (Wildman–Crippen LogP) is 6.56. The van der Waals surface area contributed by atoms with Crippen LogP contribution in [0.1, 0.15) is 31.8 Å². The number of hydrogen-bond donors (Lipinski definition) is 0. The summed E-state index contributed by atoms with van der Waals surface area (Å²) >= 11 is 1.78. The van der Waals surface area contributed by atoms with E-state index in [0.717, 1.165) is 22.6 Å². The molecule has 0 N–H and O–H groups in total. The van der Waals surface area contributed by atoms with Crippen molar-refractivity contribution in [2.45, 2.75) is 11.5 Å². The number of benzene rings is 4. The minimum absolute atomic E-state index is 0.365. The molecule has 0 aliphatic heterocycles. The van der Waals surface area contributed by atoms with Gasteiger partial charge in [0.15, 0.2) is 0 Å². The smallest absolute Gasteiger partial charge is 0.343 e. The number of thioether (sulfide) groups is 1. The van der Waals surface area contributed by atoms with Crippen LogP contribution in [-0.2, 0) is 11.5 Å². The highest BCUT2D eigenvalue weighted by Gasteiger charge is 2.09. The zero-order chi connectivity index (χ0) is 22.9. The first kappa shape index (κ1) is 22.4. The molecule has 4 nitrogen and oxygen atoms in total. The maximum absolute atomic E-state index is 12.1. The summed E-state index contributed by atoms with van der Waals surface area (Å²) in [4.78, 5) is 24.3. The Bertz CT molecular complexity index is 1090. The Kier molecular flexibility index (Phi) is 7.56. The van der Waals surface area contributed by atoms with Gasteiger partial charge in [0.1, 0.15) is 11.5 Å². The van der Waals surface area contributed by atoms with E-state index in [2.05, 4.69) is 0 Å². The van der Waals surface area contributed by atoms with Gasteiger partial charge in [0.25, 0.3) is 0 Å². The Balaban J connectivity index is 1.23. The number of carbonyl (C=O) groups is 2. The van der Waals surface area contributed by atoms with E-state index in [1.807, 2.05) is 84.9 Å². The lowest BCUT2D eigenvalue weighted by molar-refractivity contribution is 0.0725. The molecule has 4 aromatic rings. The summed E-state index contributed by atoms with van der Waals surface area (Å²) in [6, 6.07) is 33.0. The molecule has 0 saturated heterocycles. The molecule has 0 saturated carbocycles. The van der Waals surface area contributed by atoms with Crippen molar-refractivity contribution in [3.63, 3.8) is 0 Å². The summed E-state index contributed by atoms with van der Waals surface area (Å²) in [7, 11) is 0. The molecular weight excluding hydrogens is 432 g/mol. The third-order valence-electron chi connectivity index (χ3n) is 4.82. The highest BCUT2D eigenvalue weighted by atomic mass is 32.2. The molecule has 0 radical (unpaired) electrons. The van der Waals surface area contributed by atoms with Gasteiger partial charge in [-0.3, -0.25) is 0 Å². The molecule has 4 aromatic carbocycles. The lowest BCUT2D eigenvalue weighted by Crippen LogP contribution is -2.08. The molecule has 0 aliphatic rings. The fraction of sp³-hybridized carbons (Fsp3) is 0.0714. The molecule has 0 heterocycles. The fourth-order valence-electron chi connectivity index (χ4n) is 3.07. The van der Waals surface area contributed by atoms with Gasteiger partial charge in [-0.25, -0.2) is 9.59 Å². The van der Waals surface area contributed by atoms with Crippen molar-refractivity contribution in [3.8, 4) is 11.5 Å². The van der Waals surface area contributed by atoms with Crippen LogP contribution in [0.15, 0.2) is 109 Å². The molecule has 0 fully saturated rings. The van der Waals surface area contributed by atoms with Crippen LogP contribution in [0.5, 0.6) is 11.5 Å². The van der Waals surface area contributed by atoms with Gasteiger partial charge in [0, 0.05) is 11.5 Å². The molecule has 0 atom stereocenters. The third-order valence-corrected chi connectivity index (χ3v) is 5.90. The average molecular weight is 455 g/mol. The topological polar surface area (TPSA) is 52.6 Å². The van der Waals surface area contributed by atoms with Gasteiger partial charge in [-0.05, 0) is 59.7 Å². The van der Waals surface area contributed by atoms with Crippen LogP contribution in [0, 0.1) is 0 Å². The summed E-state index contributed by atoms with van der Waals surface area (Å²) < 4.78 is 10.8. The predicted molar refractivity (Wildman–Crippen MR) is 131 cm³/mol. The van der Waals surface area contributed by atoms with Crippen molar-refractivity contribution in [3.05, 3.63) is 131 Å². The molecule has 0 aliphatic carbocycles. The number of esters is 2. The minimum atomic E-state index is -0.365. The van der Waals surface area contributed by atoms with Gasteiger partial charge in [-0.15, -0.1) is 0 Å². The van der Waals surface area contributed by atoms with Crippen LogP contribution in [0.2, 0.25) is 0 Å². The molecule has 5 heteroatoms. The molecule has 0 bridgehead atoms. The minimum Gasteiger partial charge on any atom is -0.423 e. The molecule has 0 spiro atoms. The molecule has 0 amide bonds. The van der Waals surface area contributed by atoms with Gasteiger partial charge in [-0.2, -0.15) is 11.8 Å². The second-order valence-electron chi connectivity index (χ2n) is 7.29. The van der Waals surface area contributed by atoms with E-state index >= 15 is 0 Å². The summed E-state index contributed by atoms with van der Waals surface area (Å²) in [5.74, 6) is 1.98. The van der Waals surface area contributed by atoms with Crippen molar-refractivity contribution in [1.29, 1.82) is 0 Å². The van der Waals surface area contributed by atoms with E-state index < -0.39 is 0 Å². The first-order chi connectivity index (χ1) is 16.2. The van der Waals surface area contributed by atoms with E-state index in [1.54, 1.807) is 36.0 Å². The second-order valence-corrected chi connectivity index (χ2v) is 8.28. The lowest BCUT2D eigenvalue weighted by Gasteiger charge is -2.07. The Morgan fingerprint density at radius 3 is 1.24 bits per heavy atom. The molecule has 0 aromatic heterocycles. The van der Waals surface area contributed by atoms with Gasteiger partial charge in [-0.1, -0.05) is 60.7 Å². The normalized spacial score (nSPS) is 10.4.